The molecular weight excluding hydrogens is 444 g/mol. The molecule has 1 aliphatic rings. The Kier molecular flexibility index (Phi) is 7.74. The van der Waals surface area contributed by atoms with Crippen molar-refractivity contribution in [1.82, 2.24) is 4.90 Å². The molecule has 3 amide bonds. The van der Waals surface area contributed by atoms with Gasteiger partial charge in [-0.2, -0.15) is 0 Å². The molecule has 8 nitrogen and oxygen atoms in total. The van der Waals surface area contributed by atoms with E-state index in [2.05, 4.69) is 10.6 Å². The van der Waals surface area contributed by atoms with Crippen molar-refractivity contribution < 1.29 is 19.1 Å². The molecule has 3 aromatic carbocycles. The summed E-state index contributed by atoms with van der Waals surface area (Å²) in [5.41, 5.74) is 3.28. The number of rotatable bonds is 7. The number of nitrogens with one attached hydrogen (secondary N) is 2. The average Bonchev–Trinajstić information content (AvgIpc) is 2.92. The highest BCUT2D eigenvalue weighted by atomic mass is 16.5. The number of carbonyl (C=O) groups excluding carboxylic acids is 3. The highest BCUT2D eigenvalue weighted by Gasteiger charge is 2.18. The van der Waals surface area contributed by atoms with Crippen molar-refractivity contribution in [3.8, 4) is 0 Å². The number of carbonyl (C=O) groups is 3. The molecule has 0 saturated carbocycles. The fourth-order valence-corrected chi connectivity index (χ4v) is 3.73. The van der Waals surface area contributed by atoms with Crippen LogP contribution in [0.5, 0.6) is 0 Å². The molecule has 180 valence electrons. The molecule has 0 atom stereocenters. The maximum atomic E-state index is 12.7. The van der Waals surface area contributed by atoms with Crippen LogP contribution in [0, 0.1) is 0 Å². The maximum Gasteiger partial charge on any atom is 0.258 e. The van der Waals surface area contributed by atoms with E-state index in [1.54, 1.807) is 65.4 Å². The van der Waals surface area contributed by atoms with Crippen molar-refractivity contribution in [2.24, 2.45) is 0 Å². The molecule has 0 bridgehead atoms. The lowest BCUT2D eigenvalue weighted by Gasteiger charge is -2.26. The highest BCUT2D eigenvalue weighted by molar-refractivity contribution is 6.06. The fourth-order valence-electron chi connectivity index (χ4n) is 3.73. The lowest BCUT2D eigenvalue weighted by atomic mass is 10.1. The van der Waals surface area contributed by atoms with Crippen LogP contribution in [0.25, 0.3) is 0 Å². The third kappa shape index (κ3) is 6.24. The lowest BCUT2D eigenvalue weighted by Crippen LogP contribution is -2.40. The van der Waals surface area contributed by atoms with E-state index in [1.807, 2.05) is 30.3 Å². The van der Waals surface area contributed by atoms with Crippen LogP contribution in [-0.4, -0.2) is 62.5 Å². The van der Waals surface area contributed by atoms with Gasteiger partial charge in [-0.3, -0.25) is 14.4 Å². The molecule has 1 heterocycles. The normalized spacial score (nSPS) is 13.1. The molecule has 1 fully saturated rings. The van der Waals surface area contributed by atoms with Crippen molar-refractivity contribution >= 4 is 34.8 Å². The van der Waals surface area contributed by atoms with Gasteiger partial charge in [-0.25, -0.2) is 0 Å². The zero-order chi connectivity index (χ0) is 24.6. The number of anilines is 3. The van der Waals surface area contributed by atoms with Crippen molar-refractivity contribution in [2.45, 2.75) is 0 Å². The molecule has 0 spiro atoms. The van der Waals surface area contributed by atoms with Crippen molar-refractivity contribution in [3.05, 3.63) is 90.0 Å². The monoisotopic (exact) mass is 472 g/mol. The van der Waals surface area contributed by atoms with Gasteiger partial charge in [-0.05, 0) is 60.7 Å². The maximum absolute atomic E-state index is 12.7. The van der Waals surface area contributed by atoms with E-state index >= 15 is 0 Å². The molecule has 1 saturated heterocycles. The van der Waals surface area contributed by atoms with E-state index in [0.29, 0.717) is 43.1 Å². The van der Waals surface area contributed by atoms with Crippen LogP contribution in [0.1, 0.15) is 20.7 Å². The number of ether oxygens (including phenoxy) is 1. The first-order chi connectivity index (χ1) is 17.0. The largest absolute Gasteiger partial charge is 0.378 e. The Labute approximate surface area is 204 Å². The van der Waals surface area contributed by atoms with Gasteiger partial charge in [0.2, 0.25) is 5.91 Å². The molecule has 0 radical (unpaired) electrons. The number of morpholine rings is 1. The third-order valence-corrected chi connectivity index (χ3v) is 5.75. The number of hydrogen-bond acceptors (Lipinski definition) is 5. The predicted octanol–water partition coefficient (Wildman–Crippen LogP) is 3.49. The minimum atomic E-state index is -0.223. The Bertz CT molecular complexity index is 1160. The van der Waals surface area contributed by atoms with Gasteiger partial charge < -0.3 is 25.2 Å². The van der Waals surface area contributed by atoms with Crippen LogP contribution in [0.4, 0.5) is 17.1 Å². The summed E-state index contributed by atoms with van der Waals surface area (Å²) in [6.45, 7) is 2.37. The topological polar surface area (TPSA) is 91.0 Å². The minimum Gasteiger partial charge on any atom is -0.378 e. The summed E-state index contributed by atoms with van der Waals surface area (Å²) in [5, 5.41) is 5.87. The van der Waals surface area contributed by atoms with Crippen molar-refractivity contribution in [2.75, 3.05) is 55.4 Å². The highest BCUT2D eigenvalue weighted by Crippen LogP contribution is 2.17. The molecule has 0 aliphatic carbocycles. The van der Waals surface area contributed by atoms with E-state index in [4.69, 9.17) is 4.74 Å². The average molecular weight is 473 g/mol. The zero-order valence-electron chi connectivity index (χ0n) is 19.6. The molecule has 8 heteroatoms. The number of nitrogens with zero attached hydrogens (tertiary/aromatic N) is 2. The first-order valence-corrected chi connectivity index (χ1v) is 11.5. The first-order valence-electron chi connectivity index (χ1n) is 11.5. The number of benzene rings is 3. The number of amides is 3. The van der Waals surface area contributed by atoms with Crippen molar-refractivity contribution in [1.29, 1.82) is 0 Å². The van der Waals surface area contributed by atoms with Crippen LogP contribution in [0.2, 0.25) is 0 Å². The van der Waals surface area contributed by atoms with Crippen LogP contribution < -0.4 is 15.5 Å². The summed E-state index contributed by atoms with van der Waals surface area (Å²) in [4.78, 5) is 40.9. The second-order valence-electron chi connectivity index (χ2n) is 8.16. The van der Waals surface area contributed by atoms with Gasteiger partial charge in [-0.1, -0.05) is 18.2 Å². The molecule has 0 unspecified atom stereocenters. The SMILES string of the molecule is CN(C(=O)c1ccc(NC(=O)CNc2ccc(C(=O)N3CCOCC3)cc2)cc1)c1ccccc1. The van der Waals surface area contributed by atoms with Gasteiger partial charge in [0.25, 0.3) is 11.8 Å². The van der Waals surface area contributed by atoms with Gasteiger partial charge >= 0.3 is 0 Å². The second kappa shape index (κ2) is 11.3. The summed E-state index contributed by atoms with van der Waals surface area (Å²) in [6.07, 6.45) is 0. The Morgan fingerprint density at radius 2 is 1.43 bits per heavy atom. The molecular formula is C27H28N4O4. The Morgan fingerprint density at radius 3 is 2.09 bits per heavy atom. The second-order valence-corrected chi connectivity index (χ2v) is 8.16. The van der Waals surface area contributed by atoms with Gasteiger partial charge in [0, 0.05) is 48.3 Å². The van der Waals surface area contributed by atoms with E-state index < -0.39 is 0 Å². The van der Waals surface area contributed by atoms with Gasteiger partial charge in [0.15, 0.2) is 0 Å². The number of para-hydroxylation sites is 1. The molecule has 0 aromatic heterocycles. The van der Waals surface area contributed by atoms with E-state index in [-0.39, 0.29) is 24.3 Å². The number of hydrogen-bond donors (Lipinski definition) is 2. The standard InChI is InChI=1S/C27H28N4O4/c1-30(24-5-3-2-4-6-24)26(33)20-9-13-23(14-10-20)29-25(32)19-28-22-11-7-21(8-12-22)27(34)31-15-17-35-18-16-31/h2-14,28H,15-19H2,1H3,(H,29,32). The third-order valence-electron chi connectivity index (χ3n) is 5.75. The van der Waals surface area contributed by atoms with Crippen LogP contribution in [0.15, 0.2) is 78.9 Å². The quantitative estimate of drug-likeness (QED) is 0.549. The Hall–Kier alpha value is -4.17. The first kappa shape index (κ1) is 24.0. The van der Waals surface area contributed by atoms with Crippen LogP contribution in [-0.2, 0) is 9.53 Å². The molecule has 4 rings (SSSR count). The van der Waals surface area contributed by atoms with Gasteiger partial charge in [0.1, 0.15) is 0 Å². The fraction of sp³-hybridized carbons (Fsp3) is 0.222. The van der Waals surface area contributed by atoms with Gasteiger partial charge in [0.05, 0.1) is 19.8 Å². The molecule has 2 N–H and O–H groups in total. The zero-order valence-corrected chi connectivity index (χ0v) is 19.6. The van der Waals surface area contributed by atoms with E-state index in [0.717, 1.165) is 11.4 Å². The lowest BCUT2D eigenvalue weighted by molar-refractivity contribution is -0.114. The van der Waals surface area contributed by atoms with Crippen molar-refractivity contribution in [3.63, 3.8) is 0 Å². The smallest absolute Gasteiger partial charge is 0.258 e. The summed E-state index contributed by atoms with van der Waals surface area (Å²) in [6, 6.07) is 23.3. The summed E-state index contributed by atoms with van der Waals surface area (Å²) in [7, 11) is 1.73. The summed E-state index contributed by atoms with van der Waals surface area (Å²) in [5.74, 6) is -0.375. The van der Waals surface area contributed by atoms with E-state index in [1.165, 1.54) is 0 Å². The van der Waals surface area contributed by atoms with Crippen LogP contribution in [0.3, 0.4) is 0 Å². The van der Waals surface area contributed by atoms with Crippen LogP contribution >= 0.6 is 0 Å². The van der Waals surface area contributed by atoms with Gasteiger partial charge in [-0.15, -0.1) is 0 Å². The molecule has 35 heavy (non-hydrogen) atoms. The molecule has 1 aliphatic heterocycles. The Balaban J connectivity index is 1.26. The Morgan fingerprint density at radius 1 is 0.829 bits per heavy atom. The summed E-state index contributed by atoms with van der Waals surface area (Å²) >= 11 is 0. The molecule has 3 aromatic rings. The summed E-state index contributed by atoms with van der Waals surface area (Å²) < 4.78 is 5.29. The predicted molar refractivity (Wildman–Crippen MR) is 136 cm³/mol. The minimum absolute atomic E-state index is 0.0190. The van der Waals surface area contributed by atoms with E-state index in [9.17, 15) is 14.4 Å².